The summed E-state index contributed by atoms with van der Waals surface area (Å²) in [5.74, 6) is 0.608. The van der Waals surface area contributed by atoms with Crippen LogP contribution >= 0.6 is 22.9 Å². The molecule has 1 heterocycles. The van der Waals surface area contributed by atoms with Crippen molar-refractivity contribution in [2.75, 3.05) is 5.88 Å². The minimum atomic E-state index is -0.113. The Morgan fingerprint density at radius 1 is 1.44 bits per heavy atom. The van der Waals surface area contributed by atoms with Gasteiger partial charge in [0.1, 0.15) is 10.7 Å². The molecule has 0 amide bonds. The number of benzene rings is 1. The second-order valence-corrected chi connectivity index (χ2v) is 5.62. The van der Waals surface area contributed by atoms with E-state index in [1.54, 1.807) is 5.38 Å². The molecule has 0 aliphatic heterocycles. The van der Waals surface area contributed by atoms with Crippen LogP contribution in [0.4, 0.5) is 0 Å². The summed E-state index contributed by atoms with van der Waals surface area (Å²) in [6, 6.07) is 8.46. The molecule has 1 fully saturated rings. The van der Waals surface area contributed by atoms with Gasteiger partial charge in [0.15, 0.2) is 5.78 Å². The van der Waals surface area contributed by atoms with Gasteiger partial charge in [-0.3, -0.25) is 4.79 Å². The first kappa shape index (κ1) is 11.9. The predicted molar refractivity (Wildman–Crippen MR) is 74.6 cm³/mol. The number of halogens is 1. The molecule has 1 aromatic carbocycles. The van der Waals surface area contributed by atoms with E-state index in [1.807, 2.05) is 6.07 Å². The summed E-state index contributed by atoms with van der Waals surface area (Å²) < 4.78 is 0. The van der Waals surface area contributed by atoms with Gasteiger partial charge in [-0.1, -0.05) is 18.2 Å². The Labute approximate surface area is 115 Å². The number of rotatable bonds is 4. The van der Waals surface area contributed by atoms with E-state index < -0.39 is 0 Å². The third-order valence-electron chi connectivity index (χ3n) is 3.09. The van der Waals surface area contributed by atoms with Gasteiger partial charge in [-0.25, -0.2) is 4.98 Å². The average molecular weight is 278 g/mol. The van der Waals surface area contributed by atoms with Crippen LogP contribution in [0.1, 0.15) is 34.8 Å². The normalized spacial score (nSPS) is 14.7. The molecule has 1 saturated carbocycles. The SMILES string of the molecule is O=C(CCl)c1csc(-c2cccc(C3CC3)c2)n1. The maximum Gasteiger partial charge on any atom is 0.196 e. The fourth-order valence-electron chi connectivity index (χ4n) is 1.95. The zero-order chi connectivity index (χ0) is 12.5. The number of nitrogens with zero attached hydrogens (tertiary/aromatic N) is 1. The fourth-order valence-corrected chi connectivity index (χ4v) is 2.90. The molecular weight excluding hydrogens is 266 g/mol. The van der Waals surface area contributed by atoms with Gasteiger partial charge in [0, 0.05) is 10.9 Å². The molecule has 0 spiro atoms. The molecule has 92 valence electrons. The van der Waals surface area contributed by atoms with Crippen molar-refractivity contribution >= 4 is 28.7 Å². The van der Waals surface area contributed by atoms with Crippen molar-refractivity contribution in [3.63, 3.8) is 0 Å². The Bertz CT molecular complexity index is 589. The van der Waals surface area contributed by atoms with Crippen LogP contribution in [-0.2, 0) is 0 Å². The largest absolute Gasteiger partial charge is 0.291 e. The maximum atomic E-state index is 11.5. The van der Waals surface area contributed by atoms with Crippen LogP contribution in [-0.4, -0.2) is 16.6 Å². The van der Waals surface area contributed by atoms with Crippen LogP contribution in [0.15, 0.2) is 29.6 Å². The van der Waals surface area contributed by atoms with Gasteiger partial charge < -0.3 is 0 Å². The van der Waals surface area contributed by atoms with Gasteiger partial charge in [0.05, 0.1) is 5.88 Å². The smallest absolute Gasteiger partial charge is 0.196 e. The predicted octanol–water partition coefficient (Wildman–Crippen LogP) is 4.11. The van der Waals surface area contributed by atoms with Crippen LogP contribution in [0.2, 0.25) is 0 Å². The van der Waals surface area contributed by atoms with Crippen LogP contribution < -0.4 is 0 Å². The van der Waals surface area contributed by atoms with E-state index >= 15 is 0 Å². The highest BCUT2D eigenvalue weighted by Crippen LogP contribution is 2.41. The van der Waals surface area contributed by atoms with E-state index in [-0.39, 0.29) is 11.7 Å². The molecule has 0 N–H and O–H groups in total. The number of hydrogen-bond acceptors (Lipinski definition) is 3. The second-order valence-electron chi connectivity index (χ2n) is 4.49. The van der Waals surface area contributed by atoms with Gasteiger partial charge >= 0.3 is 0 Å². The molecular formula is C14H12ClNOS. The Morgan fingerprint density at radius 3 is 3.00 bits per heavy atom. The van der Waals surface area contributed by atoms with Crippen molar-refractivity contribution in [2.24, 2.45) is 0 Å². The number of Topliss-reactive ketones (excluding diaryl/α,β-unsaturated/α-hetero) is 1. The zero-order valence-electron chi connectivity index (χ0n) is 9.73. The topological polar surface area (TPSA) is 30.0 Å². The van der Waals surface area contributed by atoms with Crippen molar-refractivity contribution in [1.29, 1.82) is 0 Å². The first-order valence-electron chi connectivity index (χ1n) is 5.93. The highest BCUT2D eigenvalue weighted by Gasteiger charge is 2.23. The fraction of sp³-hybridized carbons (Fsp3) is 0.286. The molecule has 1 aromatic heterocycles. The van der Waals surface area contributed by atoms with Gasteiger partial charge in [-0.05, 0) is 30.4 Å². The number of thiazole rings is 1. The monoisotopic (exact) mass is 277 g/mol. The first-order chi connectivity index (χ1) is 8.78. The van der Waals surface area contributed by atoms with Crippen molar-refractivity contribution < 1.29 is 4.79 Å². The van der Waals surface area contributed by atoms with Crippen LogP contribution in [0.25, 0.3) is 10.6 Å². The number of carbonyl (C=O) groups is 1. The molecule has 1 aliphatic rings. The van der Waals surface area contributed by atoms with E-state index in [0.717, 1.165) is 16.5 Å². The van der Waals surface area contributed by atoms with Crippen molar-refractivity contribution in [2.45, 2.75) is 18.8 Å². The molecule has 18 heavy (non-hydrogen) atoms. The molecule has 0 unspecified atom stereocenters. The molecule has 2 nitrogen and oxygen atoms in total. The molecule has 0 atom stereocenters. The molecule has 2 aromatic rings. The Balaban J connectivity index is 1.91. The minimum Gasteiger partial charge on any atom is -0.291 e. The quantitative estimate of drug-likeness (QED) is 0.622. The third kappa shape index (κ3) is 2.33. The molecule has 0 radical (unpaired) electrons. The van der Waals surface area contributed by atoms with Crippen molar-refractivity contribution in [3.05, 3.63) is 40.9 Å². The average Bonchev–Trinajstić information content (AvgIpc) is 3.15. The number of alkyl halides is 1. The number of carbonyl (C=O) groups excluding carboxylic acids is 1. The number of ketones is 1. The lowest BCUT2D eigenvalue weighted by Gasteiger charge is -2.00. The van der Waals surface area contributed by atoms with Gasteiger partial charge in [-0.15, -0.1) is 22.9 Å². The summed E-state index contributed by atoms with van der Waals surface area (Å²) >= 11 is 7.03. The van der Waals surface area contributed by atoms with Gasteiger partial charge in [-0.2, -0.15) is 0 Å². The molecule has 0 saturated heterocycles. The van der Waals surface area contributed by atoms with Crippen LogP contribution in [0.5, 0.6) is 0 Å². The lowest BCUT2D eigenvalue weighted by atomic mass is 10.1. The maximum absolute atomic E-state index is 11.5. The highest BCUT2D eigenvalue weighted by molar-refractivity contribution is 7.13. The van der Waals surface area contributed by atoms with E-state index in [0.29, 0.717) is 5.69 Å². The molecule has 1 aliphatic carbocycles. The summed E-state index contributed by atoms with van der Waals surface area (Å²) in [5.41, 5.74) is 2.95. The Hall–Kier alpha value is -1.19. The summed E-state index contributed by atoms with van der Waals surface area (Å²) in [6.45, 7) is 0. The Morgan fingerprint density at radius 2 is 2.28 bits per heavy atom. The summed E-state index contributed by atoms with van der Waals surface area (Å²) in [5, 5.41) is 2.68. The van der Waals surface area contributed by atoms with E-state index in [1.165, 1.54) is 29.7 Å². The second kappa shape index (κ2) is 4.82. The lowest BCUT2D eigenvalue weighted by molar-refractivity contribution is 0.101. The summed E-state index contributed by atoms with van der Waals surface area (Å²) in [6.07, 6.45) is 2.58. The molecule has 4 heteroatoms. The highest BCUT2D eigenvalue weighted by atomic mass is 35.5. The summed E-state index contributed by atoms with van der Waals surface area (Å²) in [4.78, 5) is 15.8. The first-order valence-corrected chi connectivity index (χ1v) is 7.34. The van der Waals surface area contributed by atoms with Crippen molar-refractivity contribution in [3.8, 4) is 10.6 Å². The number of hydrogen-bond donors (Lipinski definition) is 0. The van der Waals surface area contributed by atoms with Crippen molar-refractivity contribution in [1.82, 2.24) is 4.98 Å². The van der Waals surface area contributed by atoms with E-state index in [2.05, 4.69) is 23.2 Å². The van der Waals surface area contributed by atoms with Crippen LogP contribution in [0.3, 0.4) is 0 Å². The number of aromatic nitrogens is 1. The van der Waals surface area contributed by atoms with Gasteiger partial charge in [0.25, 0.3) is 0 Å². The van der Waals surface area contributed by atoms with Gasteiger partial charge in [0.2, 0.25) is 0 Å². The molecule has 0 bridgehead atoms. The zero-order valence-corrected chi connectivity index (χ0v) is 11.3. The van der Waals surface area contributed by atoms with E-state index in [9.17, 15) is 4.79 Å². The minimum absolute atomic E-state index is 0.00864. The van der Waals surface area contributed by atoms with Crippen LogP contribution in [0, 0.1) is 0 Å². The van der Waals surface area contributed by atoms with E-state index in [4.69, 9.17) is 11.6 Å². The lowest BCUT2D eigenvalue weighted by Crippen LogP contribution is -2.00. The Kier molecular flexibility index (Phi) is 3.18. The molecule has 3 rings (SSSR count). The standard InChI is InChI=1S/C14H12ClNOS/c15-7-13(17)12-8-18-14(16-12)11-3-1-2-10(6-11)9-4-5-9/h1-3,6,8-9H,4-5,7H2. The summed E-state index contributed by atoms with van der Waals surface area (Å²) in [7, 11) is 0. The third-order valence-corrected chi connectivity index (χ3v) is 4.23.